The summed E-state index contributed by atoms with van der Waals surface area (Å²) in [6, 6.07) is 5.37. The number of aldehydes is 1. The summed E-state index contributed by atoms with van der Waals surface area (Å²) in [6.07, 6.45) is 0.714. The van der Waals surface area contributed by atoms with Crippen molar-refractivity contribution in [2.75, 3.05) is 7.11 Å². The van der Waals surface area contributed by atoms with E-state index in [4.69, 9.17) is 4.74 Å². The molecule has 1 heterocycles. The van der Waals surface area contributed by atoms with Gasteiger partial charge in [0.1, 0.15) is 11.4 Å². The van der Waals surface area contributed by atoms with Crippen LogP contribution in [-0.2, 0) is 0 Å². The summed E-state index contributed by atoms with van der Waals surface area (Å²) in [7, 11) is 1.60. The van der Waals surface area contributed by atoms with E-state index in [1.165, 1.54) is 0 Å². The van der Waals surface area contributed by atoms with Gasteiger partial charge in [-0.2, -0.15) is 0 Å². The Morgan fingerprint density at radius 1 is 1.27 bits per heavy atom. The molecule has 4 nitrogen and oxygen atoms in total. The van der Waals surface area contributed by atoms with Gasteiger partial charge in [0.15, 0.2) is 6.29 Å². The maximum absolute atomic E-state index is 10.7. The Morgan fingerprint density at radius 3 is 2.73 bits per heavy atom. The lowest BCUT2D eigenvalue weighted by Crippen LogP contribution is -1.97. The number of nitrogens with zero attached hydrogens (tertiary/aromatic N) is 2. The van der Waals surface area contributed by atoms with Crippen molar-refractivity contribution in [3.63, 3.8) is 0 Å². The summed E-state index contributed by atoms with van der Waals surface area (Å²) in [5.41, 5.74) is 2.44. The van der Waals surface area contributed by atoms with Gasteiger partial charge >= 0.3 is 0 Å². The number of rotatable bonds is 2. The van der Waals surface area contributed by atoms with Crippen LogP contribution in [0, 0.1) is 6.92 Å². The fourth-order valence-electron chi connectivity index (χ4n) is 1.37. The van der Waals surface area contributed by atoms with Crippen molar-refractivity contribution in [1.29, 1.82) is 0 Å². The molecule has 0 spiro atoms. The average molecular weight is 202 g/mol. The normalized spacial score (nSPS) is 10.3. The molecule has 0 unspecified atom stereocenters. The van der Waals surface area contributed by atoms with Crippen molar-refractivity contribution in [3.8, 4) is 5.75 Å². The topological polar surface area (TPSA) is 52.1 Å². The molecule has 0 saturated heterocycles. The van der Waals surface area contributed by atoms with Crippen molar-refractivity contribution < 1.29 is 9.53 Å². The summed E-state index contributed by atoms with van der Waals surface area (Å²) in [6.45, 7) is 1.76. The molecule has 0 aliphatic rings. The standard InChI is InChI=1S/C11H10N2O2/c1-7-11(6-14)13-9-4-3-8(15-2)5-10(9)12-7/h3-6H,1-2H3. The van der Waals surface area contributed by atoms with Gasteiger partial charge in [-0.05, 0) is 19.1 Å². The zero-order valence-electron chi connectivity index (χ0n) is 8.52. The highest BCUT2D eigenvalue weighted by atomic mass is 16.5. The number of methoxy groups -OCH3 is 1. The predicted octanol–water partition coefficient (Wildman–Crippen LogP) is 1.76. The first kappa shape index (κ1) is 9.58. The van der Waals surface area contributed by atoms with Crippen LogP contribution in [0.25, 0.3) is 11.0 Å². The van der Waals surface area contributed by atoms with E-state index in [2.05, 4.69) is 9.97 Å². The summed E-state index contributed by atoms with van der Waals surface area (Å²) in [5, 5.41) is 0. The largest absolute Gasteiger partial charge is 0.497 e. The van der Waals surface area contributed by atoms with Crippen molar-refractivity contribution in [3.05, 3.63) is 29.6 Å². The van der Waals surface area contributed by atoms with Gasteiger partial charge in [-0.15, -0.1) is 0 Å². The third kappa shape index (κ3) is 1.66. The molecule has 0 fully saturated rings. The minimum Gasteiger partial charge on any atom is -0.497 e. The van der Waals surface area contributed by atoms with Crippen LogP contribution in [0.3, 0.4) is 0 Å². The molecule has 2 aromatic rings. The molecule has 0 atom stereocenters. The van der Waals surface area contributed by atoms with Crippen LogP contribution in [0.5, 0.6) is 5.75 Å². The van der Waals surface area contributed by atoms with Crippen molar-refractivity contribution in [2.24, 2.45) is 0 Å². The minimum absolute atomic E-state index is 0.382. The molecular formula is C11H10N2O2. The molecule has 1 aromatic heterocycles. The van der Waals surface area contributed by atoms with E-state index >= 15 is 0 Å². The molecule has 4 heteroatoms. The SMILES string of the molecule is COc1ccc2nc(C=O)c(C)nc2c1. The molecule has 2 rings (SSSR count). The van der Waals surface area contributed by atoms with E-state index in [0.29, 0.717) is 23.2 Å². The third-order valence-electron chi connectivity index (χ3n) is 2.19. The van der Waals surface area contributed by atoms with Crippen molar-refractivity contribution in [2.45, 2.75) is 6.92 Å². The Kier molecular flexibility index (Phi) is 2.33. The molecule has 0 aliphatic heterocycles. The van der Waals surface area contributed by atoms with Crippen LogP contribution in [0.4, 0.5) is 0 Å². The first-order valence-corrected chi connectivity index (χ1v) is 4.52. The average Bonchev–Trinajstić information content (AvgIpc) is 2.27. The molecule has 76 valence electrons. The predicted molar refractivity (Wildman–Crippen MR) is 56.2 cm³/mol. The highest BCUT2D eigenvalue weighted by molar-refractivity contribution is 5.82. The lowest BCUT2D eigenvalue weighted by Gasteiger charge is -2.03. The van der Waals surface area contributed by atoms with Crippen LogP contribution in [0.1, 0.15) is 16.2 Å². The number of aromatic nitrogens is 2. The van der Waals surface area contributed by atoms with Crippen LogP contribution >= 0.6 is 0 Å². The van der Waals surface area contributed by atoms with Crippen molar-refractivity contribution >= 4 is 17.3 Å². The van der Waals surface area contributed by atoms with Crippen molar-refractivity contribution in [1.82, 2.24) is 9.97 Å². The first-order chi connectivity index (χ1) is 7.24. The van der Waals surface area contributed by atoms with E-state index in [1.807, 2.05) is 0 Å². The van der Waals surface area contributed by atoms with Gasteiger partial charge in [-0.3, -0.25) is 4.79 Å². The van der Waals surface area contributed by atoms with E-state index in [0.717, 1.165) is 11.3 Å². The fourth-order valence-corrected chi connectivity index (χ4v) is 1.37. The molecule has 0 radical (unpaired) electrons. The number of hydrogen-bond acceptors (Lipinski definition) is 4. The second kappa shape index (κ2) is 3.65. The van der Waals surface area contributed by atoms with E-state index in [1.54, 1.807) is 32.2 Å². The Labute approximate surface area is 86.9 Å². The Balaban J connectivity index is 2.70. The van der Waals surface area contributed by atoms with Crippen LogP contribution in [0.15, 0.2) is 18.2 Å². The number of aryl methyl sites for hydroxylation is 1. The van der Waals surface area contributed by atoms with Gasteiger partial charge in [0.2, 0.25) is 0 Å². The monoisotopic (exact) mass is 202 g/mol. The van der Waals surface area contributed by atoms with Gasteiger partial charge in [0.25, 0.3) is 0 Å². The molecule has 0 amide bonds. The molecule has 0 N–H and O–H groups in total. The summed E-state index contributed by atoms with van der Waals surface area (Å²) < 4.78 is 5.08. The number of hydrogen-bond donors (Lipinski definition) is 0. The molecule has 0 bridgehead atoms. The van der Waals surface area contributed by atoms with E-state index in [9.17, 15) is 4.79 Å². The van der Waals surface area contributed by atoms with Crippen LogP contribution in [0.2, 0.25) is 0 Å². The number of ether oxygens (including phenoxy) is 1. The maximum Gasteiger partial charge on any atom is 0.170 e. The van der Waals surface area contributed by atoms with Gasteiger partial charge < -0.3 is 4.74 Å². The fraction of sp³-hybridized carbons (Fsp3) is 0.182. The molecule has 0 aliphatic carbocycles. The second-order valence-corrected chi connectivity index (χ2v) is 3.17. The van der Waals surface area contributed by atoms with E-state index < -0.39 is 0 Å². The quantitative estimate of drug-likeness (QED) is 0.696. The minimum atomic E-state index is 0.382. The zero-order valence-corrected chi connectivity index (χ0v) is 8.52. The van der Waals surface area contributed by atoms with E-state index in [-0.39, 0.29) is 0 Å². The van der Waals surface area contributed by atoms with Crippen LogP contribution in [-0.4, -0.2) is 23.4 Å². The lowest BCUT2D eigenvalue weighted by molar-refractivity contribution is 0.111. The Morgan fingerprint density at radius 2 is 2.07 bits per heavy atom. The van der Waals surface area contributed by atoms with Gasteiger partial charge in [0.05, 0.1) is 23.8 Å². The van der Waals surface area contributed by atoms with Gasteiger partial charge in [-0.25, -0.2) is 9.97 Å². The lowest BCUT2D eigenvalue weighted by atomic mass is 10.2. The highest BCUT2D eigenvalue weighted by Gasteiger charge is 2.04. The van der Waals surface area contributed by atoms with Gasteiger partial charge in [0, 0.05) is 6.07 Å². The zero-order chi connectivity index (χ0) is 10.8. The number of carbonyl (C=O) groups excluding carboxylic acids is 1. The van der Waals surface area contributed by atoms with Crippen LogP contribution < -0.4 is 4.74 Å². The first-order valence-electron chi connectivity index (χ1n) is 4.52. The molecule has 1 aromatic carbocycles. The second-order valence-electron chi connectivity index (χ2n) is 3.17. The highest BCUT2D eigenvalue weighted by Crippen LogP contribution is 2.18. The Hall–Kier alpha value is -1.97. The molecule has 15 heavy (non-hydrogen) atoms. The molecular weight excluding hydrogens is 192 g/mol. The summed E-state index contributed by atoms with van der Waals surface area (Å²) >= 11 is 0. The maximum atomic E-state index is 10.7. The molecule has 0 saturated carbocycles. The number of fused-ring (bicyclic) bond motifs is 1. The summed E-state index contributed by atoms with van der Waals surface area (Å²) in [4.78, 5) is 19.1. The number of benzene rings is 1. The Bertz CT molecular complexity index is 523. The summed E-state index contributed by atoms with van der Waals surface area (Å²) in [5.74, 6) is 0.732. The number of carbonyl (C=O) groups is 1. The third-order valence-corrected chi connectivity index (χ3v) is 2.19. The van der Waals surface area contributed by atoms with Gasteiger partial charge in [-0.1, -0.05) is 0 Å². The smallest absolute Gasteiger partial charge is 0.170 e.